The number of carbonyl (C=O) groups is 1. The van der Waals surface area contributed by atoms with Gasteiger partial charge in [-0.05, 0) is 25.1 Å². The second-order valence-electron chi connectivity index (χ2n) is 5.07. The number of amides is 1. The van der Waals surface area contributed by atoms with Gasteiger partial charge >= 0.3 is 0 Å². The molecule has 1 aromatic rings. The summed E-state index contributed by atoms with van der Waals surface area (Å²) in [6.45, 7) is 6.38. The largest absolute Gasteiger partial charge is 0.491 e. The van der Waals surface area contributed by atoms with Crippen molar-refractivity contribution in [3.05, 3.63) is 24.3 Å². The van der Waals surface area contributed by atoms with Crippen LogP contribution in [0, 0.1) is 0 Å². The topological polar surface area (TPSA) is 41.6 Å². The monoisotopic (exact) mass is 262 g/mol. The van der Waals surface area contributed by atoms with Gasteiger partial charge < -0.3 is 15.0 Å². The molecule has 1 amide bonds. The van der Waals surface area contributed by atoms with Crippen LogP contribution < -0.4 is 15.0 Å². The highest BCUT2D eigenvalue weighted by Crippen LogP contribution is 2.30. The second kappa shape index (κ2) is 6.57. The maximum Gasteiger partial charge on any atom is 0.230 e. The number of hydrogen-bond acceptors (Lipinski definition) is 3. The van der Waals surface area contributed by atoms with Crippen molar-refractivity contribution in [2.45, 2.75) is 32.7 Å². The molecule has 0 fully saturated rings. The molecule has 1 heterocycles. The minimum Gasteiger partial charge on any atom is -0.491 e. The van der Waals surface area contributed by atoms with Gasteiger partial charge in [0.25, 0.3) is 0 Å². The molecule has 1 aromatic carbocycles. The van der Waals surface area contributed by atoms with Gasteiger partial charge in [0.05, 0.1) is 18.7 Å². The summed E-state index contributed by atoms with van der Waals surface area (Å²) in [5.74, 6) is 0.958. The number of anilines is 1. The van der Waals surface area contributed by atoms with E-state index in [4.69, 9.17) is 4.74 Å². The zero-order valence-corrected chi connectivity index (χ0v) is 11.7. The molecule has 1 aliphatic heterocycles. The van der Waals surface area contributed by atoms with Gasteiger partial charge in [0.1, 0.15) is 5.75 Å². The number of para-hydroxylation sites is 2. The molecule has 2 rings (SSSR count). The molecule has 0 atom stereocenters. The Morgan fingerprint density at radius 2 is 2.16 bits per heavy atom. The van der Waals surface area contributed by atoms with Gasteiger partial charge in [-0.15, -0.1) is 0 Å². The maximum absolute atomic E-state index is 12.1. The first-order chi connectivity index (χ1) is 9.18. The van der Waals surface area contributed by atoms with Crippen LogP contribution in [0.1, 0.15) is 26.7 Å². The Morgan fingerprint density at radius 3 is 2.95 bits per heavy atom. The van der Waals surface area contributed by atoms with E-state index in [9.17, 15) is 4.79 Å². The van der Waals surface area contributed by atoms with Crippen LogP contribution in [0.2, 0.25) is 0 Å². The predicted octanol–water partition coefficient (Wildman–Crippen LogP) is 2.19. The van der Waals surface area contributed by atoms with Crippen LogP contribution in [0.25, 0.3) is 0 Å². The Morgan fingerprint density at radius 1 is 1.37 bits per heavy atom. The molecule has 0 radical (unpaired) electrons. The number of nitrogens with zero attached hydrogens (tertiary/aromatic N) is 1. The van der Waals surface area contributed by atoms with Crippen molar-refractivity contribution in [3.8, 4) is 5.75 Å². The Kier molecular flexibility index (Phi) is 4.80. The Hall–Kier alpha value is -1.55. The normalized spacial score (nSPS) is 15.1. The lowest BCUT2D eigenvalue weighted by atomic mass is 10.2. The van der Waals surface area contributed by atoms with E-state index in [0.717, 1.165) is 30.9 Å². The van der Waals surface area contributed by atoms with Crippen LogP contribution in [0.4, 0.5) is 5.69 Å². The second-order valence-corrected chi connectivity index (χ2v) is 5.07. The summed E-state index contributed by atoms with van der Waals surface area (Å²) >= 11 is 0. The molecule has 0 saturated carbocycles. The minimum atomic E-state index is 0.148. The summed E-state index contributed by atoms with van der Waals surface area (Å²) in [6.07, 6.45) is 1.39. The fourth-order valence-electron chi connectivity index (χ4n) is 2.19. The van der Waals surface area contributed by atoms with E-state index in [-0.39, 0.29) is 5.91 Å². The quantitative estimate of drug-likeness (QED) is 0.827. The maximum atomic E-state index is 12.1. The first-order valence-electron chi connectivity index (χ1n) is 6.94. The van der Waals surface area contributed by atoms with Crippen molar-refractivity contribution in [2.75, 3.05) is 24.6 Å². The van der Waals surface area contributed by atoms with Crippen molar-refractivity contribution in [1.29, 1.82) is 0 Å². The van der Waals surface area contributed by atoms with Crippen LogP contribution >= 0.6 is 0 Å². The Bertz CT molecular complexity index is 432. The van der Waals surface area contributed by atoms with Crippen LogP contribution in [0.15, 0.2) is 24.3 Å². The third-order valence-corrected chi connectivity index (χ3v) is 3.14. The number of nitrogens with one attached hydrogen (secondary N) is 1. The van der Waals surface area contributed by atoms with Gasteiger partial charge in [-0.3, -0.25) is 4.79 Å². The van der Waals surface area contributed by atoms with Crippen molar-refractivity contribution in [1.82, 2.24) is 5.32 Å². The summed E-state index contributed by atoms with van der Waals surface area (Å²) in [7, 11) is 0. The number of ether oxygens (including phenoxy) is 1. The first kappa shape index (κ1) is 13.9. The summed E-state index contributed by atoms with van der Waals surface area (Å²) in [5.41, 5.74) is 0.898. The van der Waals surface area contributed by atoms with Gasteiger partial charge in [0.2, 0.25) is 5.91 Å². The zero-order chi connectivity index (χ0) is 13.7. The molecule has 1 N–H and O–H groups in total. The summed E-state index contributed by atoms with van der Waals surface area (Å²) in [4.78, 5) is 14.0. The van der Waals surface area contributed by atoms with E-state index in [2.05, 4.69) is 19.2 Å². The fraction of sp³-hybridized carbons (Fsp3) is 0.533. The number of carbonyl (C=O) groups excluding carboxylic acids is 1. The van der Waals surface area contributed by atoms with Crippen molar-refractivity contribution in [2.24, 2.45) is 0 Å². The van der Waals surface area contributed by atoms with Gasteiger partial charge in [-0.25, -0.2) is 0 Å². The molecule has 0 saturated heterocycles. The van der Waals surface area contributed by atoms with Crippen LogP contribution in [-0.4, -0.2) is 31.6 Å². The molecule has 4 nitrogen and oxygen atoms in total. The Balaban J connectivity index is 2.02. The molecule has 0 spiro atoms. The molecular weight excluding hydrogens is 240 g/mol. The first-order valence-corrected chi connectivity index (χ1v) is 6.94. The molecule has 0 aliphatic carbocycles. The highest BCUT2D eigenvalue weighted by Gasteiger charge is 2.22. The molecule has 1 aliphatic rings. The lowest BCUT2D eigenvalue weighted by Crippen LogP contribution is -2.34. The van der Waals surface area contributed by atoms with Crippen LogP contribution in [-0.2, 0) is 4.79 Å². The number of fused-ring (bicyclic) bond motifs is 1. The average Bonchev–Trinajstić information content (AvgIpc) is 2.54. The van der Waals surface area contributed by atoms with Gasteiger partial charge in [-0.2, -0.15) is 0 Å². The highest BCUT2D eigenvalue weighted by molar-refractivity contribution is 5.95. The van der Waals surface area contributed by atoms with E-state index < -0.39 is 0 Å². The predicted molar refractivity (Wildman–Crippen MR) is 76.7 cm³/mol. The molecule has 0 bridgehead atoms. The van der Waals surface area contributed by atoms with Crippen molar-refractivity contribution < 1.29 is 9.53 Å². The van der Waals surface area contributed by atoms with Gasteiger partial charge in [0, 0.05) is 12.6 Å². The number of benzene rings is 1. The average molecular weight is 262 g/mol. The third kappa shape index (κ3) is 3.70. The molecule has 0 unspecified atom stereocenters. The lowest BCUT2D eigenvalue weighted by molar-refractivity contribution is -0.118. The summed E-state index contributed by atoms with van der Waals surface area (Å²) < 4.78 is 5.62. The Labute approximate surface area is 114 Å². The molecule has 4 heteroatoms. The lowest BCUT2D eigenvalue weighted by Gasteiger charge is -2.22. The fourth-order valence-corrected chi connectivity index (χ4v) is 2.19. The van der Waals surface area contributed by atoms with E-state index in [0.29, 0.717) is 19.1 Å². The summed E-state index contributed by atoms with van der Waals surface area (Å²) in [6, 6.07) is 8.24. The molecule has 19 heavy (non-hydrogen) atoms. The minimum absolute atomic E-state index is 0.148. The smallest absolute Gasteiger partial charge is 0.230 e. The van der Waals surface area contributed by atoms with E-state index >= 15 is 0 Å². The van der Waals surface area contributed by atoms with Gasteiger partial charge in [-0.1, -0.05) is 26.0 Å². The number of hydrogen-bond donors (Lipinski definition) is 1. The summed E-state index contributed by atoms with van der Waals surface area (Å²) in [5, 5.41) is 3.37. The standard InChI is InChI=1S/C15H22N2O2/c1-12(2)16-9-5-10-17-13-6-3-4-7-14(13)19-11-8-15(17)18/h3-4,6-7,12,16H,5,8-11H2,1-2H3. The SMILES string of the molecule is CC(C)NCCCN1C(=O)CCOc2ccccc21. The van der Waals surface area contributed by atoms with Crippen LogP contribution in [0.5, 0.6) is 5.75 Å². The molecular formula is C15H22N2O2. The zero-order valence-electron chi connectivity index (χ0n) is 11.7. The van der Waals surface area contributed by atoms with Crippen molar-refractivity contribution >= 4 is 11.6 Å². The van der Waals surface area contributed by atoms with E-state index in [1.807, 2.05) is 29.2 Å². The van der Waals surface area contributed by atoms with Crippen LogP contribution in [0.3, 0.4) is 0 Å². The highest BCUT2D eigenvalue weighted by atomic mass is 16.5. The van der Waals surface area contributed by atoms with E-state index in [1.165, 1.54) is 0 Å². The molecule has 0 aromatic heterocycles. The van der Waals surface area contributed by atoms with Gasteiger partial charge in [0.15, 0.2) is 0 Å². The van der Waals surface area contributed by atoms with E-state index in [1.54, 1.807) is 0 Å². The third-order valence-electron chi connectivity index (χ3n) is 3.14. The molecule has 104 valence electrons. The van der Waals surface area contributed by atoms with Crippen molar-refractivity contribution in [3.63, 3.8) is 0 Å². The number of rotatable bonds is 5.